The smallest absolute Gasteiger partial charge is 0.0471 e. The summed E-state index contributed by atoms with van der Waals surface area (Å²) < 4.78 is 0. The molecular formula is C13H19ClN2. The molecule has 88 valence electrons. The second kappa shape index (κ2) is 5.07. The Bertz CT molecular complexity index is 365. The maximum Gasteiger partial charge on any atom is 0.0471 e. The van der Waals surface area contributed by atoms with E-state index in [-0.39, 0.29) is 0 Å². The fourth-order valence-electron chi connectivity index (χ4n) is 2.48. The average Bonchev–Trinajstić information content (AvgIpc) is 2.77. The quantitative estimate of drug-likeness (QED) is 0.877. The zero-order valence-corrected chi connectivity index (χ0v) is 10.5. The third-order valence-electron chi connectivity index (χ3n) is 3.44. The molecule has 1 atom stereocenters. The first-order chi connectivity index (χ1) is 7.76. The van der Waals surface area contributed by atoms with Crippen LogP contribution in [0.15, 0.2) is 18.2 Å². The Hall–Kier alpha value is -0.730. The van der Waals surface area contributed by atoms with Crippen LogP contribution in [-0.2, 0) is 6.54 Å². The number of halogens is 1. The highest BCUT2D eigenvalue weighted by molar-refractivity contribution is 6.31. The van der Waals surface area contributed by atoms with Crippen LogP contribution in [-0.4, -0.2) is 12.6 Å². The molecule has 2 nitrogen and oxygen atoms in total. The molecule has 0 bridgehead atoms. The van der Waals surface area contributed by atoms with Gasteiger partial charge in [0.15, 0.2) is 0 Å². The number of hydrogen-bond donors (Lipinski definition) is 1. The Labute approximate surface area is 102 Å². The molecule has 0 amide bonds. The van der Waals surface area contributed by atoms with Crippen LogP contribution in [0.5, 0.6) is 0 Å². The Kier molecular flexibility index (Phi) is 3.72. The van der Waals surface area contributed by atoms with E-state index < -0.39 is 0 Å². The molecule has 1 aromatic rings. The van der Waals surface area contributed by atoms with Crippen molar-refractivity contribution in [3.63, 3.8) is 0 Å². The first-order valence-corrected chi connectivity index (χ1v) is 6.39. The predicted molar refractivity (Wildman–Crippen MR) is 70.0 cm³/mol. The van der Waals surface area contributed by atoms with Gasteiger partial charge in [-0.05, 0) is 37.0 Å². The summed E-state index contributed by atoms with van der Waals surface area (Å²) in [6.07, 6.45) is 3.79. The lowest BCUT2D eigenvalue weighted by atomic mass is 10.1. The third kappa shape index (κ3) is 2.18. The molecule has 0 radical (unpaired) electrons. The molecule has 1 saturated heterocycles. The summed E-state index contributed by atoms with van der Waals surface area (Å²) >= 11 is 6.19. The van der Waals surface area contributed by atoms with Crippen molar-refractivity contribution in [2.24, 2.45) is 5.73 Å². The van der Waals surface area contributed by atoms with Crippen molar-refractivity contribution in [1.29, 1.82) is 0 Å². The van der Waals surface area contributed by atoms with Crippen molar-refractivity contribution in [2.45, 2.75) is 38.8 Å². The summed E-state index contributed by atoms with van der Waals surface area (Å²) in [5.41, 5.74) is 7.88. The number of rotatable bonds is 3. The van der Waals surface area contributed by atoms with Gasteiger partial charge in [-0.15, -0.1) is 0 Å². The van der Waals surface area contributed by atoms with Gasteiger partial charge in [0.05, 0.1) is 0 Å². The summed E-state index contributed by atoms with van der Waals surface area (Å²) in [5, 5.41) is 0.793. The average molecular weight is 239 g/mol. The first-order valence-electron chi connectivity index (χ1n) is 6.01. The highest BCUT2D eigenvalue weighted by Crippen LogP contribution is 2.30. The first kappa shape index (κ1) is 11.7. The lowest BCUT2D eigenvalue weighted by Gasteiger charge is -2.26. The second-order valence-corrected chi connectivity index (χ2v) is 4.78. The van der Waals surface area contributed by atoms with Crippen molar-refractivity contribution < 1.29 is 0 Å². The zero-order chi connectivity index (χ0) is 11.5. The maximum absolute atomic E-state index is 6.19. The number of benzene rings is 1. The molecule has 16 heavy (non-hydrogen) atoms. The Balaban J connectivity index is 2.23. The van der Waals surface area contributed by atoms with E-state index in [1.807, 2.05) is 6.07 Å². The van der Waals surface area contributed by atoms with Crippen LogP contribution in [0, 0.1) is 0 Å². The Morgan fingerprint density at radius 2 is 2.31 bits per heavy atom. The lowest BCUT2D eigenvalue weighted by Crippen LogP contribution is -2.28. The van der Waals surface area contributed by atoms with Crippen LogP contribution in [0.2, 0.25) is 5.02 Å². The third-order valence-corrected chi connectivity index (χ3v) is 3.79. The standard InChI is InChI=1S/C13H19ClN2/c1-2-11-4-3-7-16(11)12-6-5-10(9-15)13(14)8-12/h5-6,8,11H,2-4,7,9,15H2,1H3. The van der Waals surface area contributed by atoms with Gasteiger partial charge in [0.2, 0.25) is 0 Å². The highest BCUT2D eigenvalue weighted by Gasteiger charge is 2.23. The topological polar surface area (TPSA) is 29.3 Å². The summed E-state index contributed by atoms with van der Waals surface area (Å²) in [7, 11) is 0. The fourth-order valence-corrected chi connectivity index (χ4v) is 2.73. The number of nitrogens with two attached hydrogens (primary N) is 1. The van der Waals surface area contributed by atoms with E-state index in [0.29, 0.717) is 12.6 Å². The van der Waals surface area contributed by atoms with Gasteiger partial charge in [0, 0.05) is 29.8 Å². The summed E-state index contributed by atoms with van der Waals surface area (Å²) in [4.78, 5) is 2.46. The van der Waals surface area contributed by atoms with E-state index in [9.17, 15) is 0 Å². The van der Waals surface area contributed by atoms with E-state index in [2.05, 4.69) is 24.0 Å². The summed E-state index contributed by atoms with van der Waals surface area (Å²) in [6.45, 7) is 3.91. The van der Waals surface area contributed by atoms with Crippen LogP contribution in [0.4, 0.5) is 5.69 Å². The summed E-state index contributed by atoms with van der Waals surface area (Å²) in [6, 6.07) is 6.92. The SMILES string of the molecule is CCC1CCCN1c1ccc(CN)c(Cl)c1. The highest BCUT2D eigenvalue weighted by atomic mass is 35.5. The minimum absolute atomic E-state index is 0.510. The Morgan fingerprint density at radius 1 is 1.50 bits per heavy atom. The summed E-state index contributed by atoms with van der Waals surface area (Å²) in [5.74, 6) is 0. The van der Waals surface area contributed by atoms with E-state index in [4.69, 9.17) is 17.3 Å². The second-order valence-electron chi connectivity index (χ2n) is 4.38. The molecule has 1 aromatic carbocycles. The van der Waals surface area contributed by atoms with Gasteiger partial charge in [-0.3, -0.25) is 0 Å². The van der Waals surface area contributed by atoms with Gasteiger partial charge in [-0.25, -0.2) is 0 Å². The molecule has 1 aliphatic heterocycles. The minimum Gasteiger partial charge on any atom is -0.369 e. The van der Waals surface area contributed by atoms with E-state index in [0.717, 1.165) is 17.1 Å². The van der Waals surface area contributed by atoms with Crippen LogP contribution in [0.25, 0.3) is 0 Å². The van der Waals surface area contributed by atoms with Crippen LogP contribution >= 0.6 is 11.6 Å². The zero-order valence-electron chi connectivity index (χ0n) is 9.75. The molecule has 1 heterocycles. The monoisotopic (exact) mass is 238 g/mol. The molecule has 1 fully saturated rings. The number of nitrogens with zero attached hydrogens (tertiary/aromatic N) is 1. The van der Waals surface area contributed by atoms with Gasteiger partial charge in [-0.1, -0.05) is 24.6 Å². The van der Waals surface area contributed by atoms with Gasteiger partial charge in [0.1, 0.15) is 0 Å². The van der Waals surface area contributed by atoms with Crippen LogP contribution in [0.1, 0.15) is 31.7 Å². The van der Waals surface area contributed by atoms with E-state index in [1.54, 1.807) is 0 Å². The molecule has 0 aromatic heterocycles. The van der Waals surface area contributed by atoms with Gasteiger partial charge in [0.25, 0.3) is 0 Å². The molecule has 1 aliphatic rings. The molecule has 2 N–H and O–H groups in total. The predicted octanol–water partition coefficient (Wildman–Crippen LogP) is 3.18. The Morgan fingerprint density at radius 3 is 2.94 bits per heavy atom. The lowest BCUT2D eigenvalue weighted by molar-refractivity contribution is 0.645. The molecule has 0 spiro atoms. The van der Waals surface area contributed by atoms with E-state index in [1.165, 1.54) is 24.9 Å². The number of anilines is 1. The molecular weight excluding hydrogens is 220 g/mol. The molecule has 2 rings (SSSR count). The van der Waals surface area contributed by atoms with Crippen molar-refractivity contribution in [3.8, 4) is 0 Å². The number of hydrogen-bond acceptors (Lipinski definition) is 2. The molecule has 3 heteroatoms. The van der Waals surface area contributed by atoms with Crippen molar-refractivity contribution >= 4 is 17.3 Å². The van der Waals surface area contributed by atoms with Gasteiger partial charge < -0.3 is 10.6 Å². The van der Waals surface area contributed by atoms with Crippen LogP contribution in [0.3, 0.4) is 0 Å². The van der Waals surface area contributed by atoms with Gasteiger partial charge in [-0.2, -0.15) is 0 Å². The van der Waals surface area contributed by atoms with Crippen molar-refractivity contribution in [1.82, 2.24) is 0 Å². The molecule has 1 unspecified atom stereocenters. The van der Waals surface area contributed by atoms with E-state index >= 15 is 0 Å². The normalized spacial score (nSPS) is 20.4. The van der Waals surface area contributed by atoms with Gasteiger partial charge >= 0.3 is 0 Å². The van der Waals surface area contributed by atoms with Crippen LogP contribution < -0.4 is 10.6 Å². The minimum atomic E-state index is 0.510. The largest absolute Gasteiger partial charge is 0.369 e. The van der Waals surface area contributed by atoms with Crippen molar-refractivity contribution in [3.05, 3.63) is 28.8 Å². The fraction of sp³-hybridized carbons (Fsp3) is 0.538. The maximum atomic E-state index is 6.19. The molecule has 0 aliphatic carbocycles. The van der Waals surface area contributed by atoms with Crippen molar-refractivity contribution in [2.75, 3.05) is 11.4 Å². The molecule has 0 saturated carbocycles.